The number of nitro benzene ring substituents is 1. The molecule has 0 unspecified atom stereocenters. The number of carbonyl (C=O) groups excluding carboxylic acids is 1. The molecule has 1 heterocycles. The summed E-state index contributed by atoms with van der Waals surface area (Å²) in [7, 11) is 0. The summed E-state index contributed by atoms with van der Waals surface area (Å²) in [4.78, 5) is 27.4. The average molecular weight is 408 g/mol. The molecule has 1 aromatic heterocycles. The number of aryl methyl sites for hydroxylation is 1. The Balaban J connectivity index is 1.54. The van der Waals surface area contributed by atoms with E-state index in [4.69, 9.17) is 16.0 Å². The minimum atomic E-state index is -0.506. The normalized spacial score (nSPS) is 10.8. The van der Waals surface area contributed by atoms with Gasteiger partial charge in [0.15, 0.2) is 5.58 Å². The Morgan fingerprint density at radius 1 is 1.10 bits per heavy atom. The van der Waals surface area contributed by atoms with E-state index in [2.05, 4.69) is 10.3 Å². The Morgan fingerprint density at radius 3 is 2.59 bits per heavy atom. The number of oxazole rings is 1. The number of rotatable bonds is 4. The molecule has 0 aliphatic carbocycles. The molecule has 0 bridgehead atoms. The van der Waals surface area contributed by atoms with Gasteiger partial charge >= 0.3 is 0 Å². The number of nitrogens with one attached hydrogen (secondary N) is 1. The van der Waals surface area contributed by atoms with Gasteiger partial charge in [-0.1, -0.05) is 17.7 Å². The van der Waals surface area contributed by atoms with Crippen molar-refractivity contribution in [2.75, 3.05) is 5.32 Å². The first-order valence-electron chi connectivity index (χ1n) is 8.63. The number of nitro groups is 1. The van der Waals surface area contributed by atoms with Crippen LogP contribution in [0.5, 0.6) is 0 Å². The molecule has 0 radical (unpaired) electrons. The molecule has 29 heavy (non-hydrogen) atoms. The van der Waals surface area contributed by atoms with Crippen molar-refractivity contribution in [2.45, 2.75) is 6.92 Å². The summed E-state index contributed by atoms with van der Waals surface area (Å²) in [5, 5.41) is 14.4. The third-order valence-electron chi connectivity index (χ3n) is 4.41. The lowest BCUT2D eigenvalue weighted by Crippen LogP contribution is -2.12. The van der Waals surface area contributed by atoms with Gasteiger partial charge in [-0.05, 0) is 55.5 Å². The lowest BCUT2D eigenvalue weighted by Gasteiger charge is -2.06. The summed E-state index contributed by atoms with van der Waals surface area (Å²) in [5.41, 5.74) is 3.18. The van der Waals surface area contributed by atoms with Gasteiger partial charge in [0.05, 0.1) is 4.92 Å². The molecule has 4 aromatic rings. The zero-order chi connectivity index (χ0) is 20.5. The van der Waals surface area contributed by atoms with Crippen LogP contribution >= 0.6 is 11.6 Å². The molecule has 1 amide bonds. The van der Waals surface area contributed by atoms with E-state index in [1.54, 1.807) is 61.5 Å². The zero-order valence-electron chi connectivity index (χ0n) is 15.2. The molecule has 3 aromatic carbocycles. The molecule has 0 saturated carbocycles. The third-order valence-corrected chi connectivity index (χ3v) is 4.64. The number of hydrogen-bond donors (Lipinski definition) is 1. The largest absolute Gasteiger partial charge is 0.436 e. The van der Waals surface area contributed by atoms with Crippen molar-refractivity contribution in [3.8, 4) is 11.5 Å². The number of nitrogens with zero attached hydrogens (tertiary/aromatic N) is 2. The summed E-state index contributed by atoms with van der Waals surface area (Å²) in [6.45, 7) is 1.62. The number of carbonyl (C=O) groups is 1. The number of benzene rings is 3. The molecular weight excluding hydrogens is 394 g/mol. The van der Waals surface area contributed by atoms with Crippen LogP contribution in [0.3, 0.4) is 0 Å². The number of amides is 1. The summed E-state index contributed by atoms with van der Waals surface area (Å²) in [6.07, 6.45) is 0. The SMILES string of the molecule is Cc1ccc(C(=O)Nc2ccc(-c3nc4cc(Cl)ccc4o3)cc2)cc1[N+](=O)[O-]. The predicted octanol–water partition coefficient (Wildman–Crippen LogP) is 5.62. The summed E-state index contributed by atoms with van der Waals surface area (Å²) in [6, 6.07) is 16.5. The number of aromatic nitrogens is 1. The fourth-order valence-corrected chi connectivity index (χ4v) is 3.04. The molecule has 0 fully saturated rings. The second kappa shape index (κ2) is 7.37. The Labute approximate surface area is 170 Å². The van der Waals surface area contributed by atoms with Gasteiger partial charge in [0.1, 0.15) is 5.52 Å². The van der Waals surface area contributed by atoms with E-state index in [1.165, 1.54) is 6.07 Å². The van der Waals surface area contributed by atoms with Crippen LogP contribution in [0.15, 0.2) is 65.1 Å². The Morgan fingerprint density at radius 2 is 1.86 bits per heavy atom. The molecule has 8 heteroatoms. The predicted molar refractivity (Wildman–Crippen MR) is 110 cm³/mol. The van der Waals surface area contributed by atoms with Gasteiger partial charge < -0.3 is 9.73 Å². The van der Waals surface area contributed by atoms with Crippen LogP contribution in [-0.4, -0.2) is 15.8 Å². The van der Waals surface area contributed by atoms with E-state index in [9.17, 15) is 14.9 Å². The summed E-state index contributed by atoms with van der Waals surface area (Å²) in [5.74, 6) is 0.00616. The Kier molecular flexibility index (Phi) is 4.74. The van der Waals surface area contributed by atoms with Crippen LogP contribution in [0.2, 0.25) is 5.02 Å². The lowest BCUT2D eigenvalue weighted by molar-refractivity contribution is -0.385. The highest BCUT2D eigenvalue weighted by Crippen LogP contribution is 2.27. The second-order valence-electron chi connectivity index (χ2n) is 6.42. The molecule has 7 nitrogen and oxygen atoms in total. The zero-order valence-corrected chi connectivity index (χ0v) is 15.9. The van der Waals surface area contributed by atoms with Crippen molar-refractivity contribution in [1.82, 2.24) is 4.98 Å². The van der Waals surface area contributed by atoms with E-state index in [0.29, 0.717) is 33.3 Å². The molecule has 1 N–H and O–H groups in total. The van der Waals surface area contributed by atoms with Crippen LogP contribution in [-0.2, 0) is 0 Å². The first-order valence-corrected chi connectivity index (χ1v) is 9.01. The van der Waals surface area contributed by atoms with Gasteiger partial charge in [0, 0.05) is 33.5 Å². The van der Waals surface area contributed by atoms with Crippen molar-refractivity contribution in [3.05, 3.63) is 86.9 Å². The summed E-state index contributed by atoms with van der Waals surface area (Å²) >= 11 is 5.97. The van der Waals surface area contributed by atoms with E-state index >= 15 is 0 Å². The minimum absolute atomic E-state index is 0.0935. The fraction of sp³-hybridized carbons (Fsp3) is 0.0476. The van der Waals surface area contributed by atoms with Crippen LogP contribution < -0.4 is 5.32 Å². The fourth-order valence-electron chi connectivity index (χ4n) is 2.87. The van der Waals surface area contributed by atoms with Gasteiger partial charge in [-0.3, -0.25) is 14.9 Å². The molecule has 144 valence electrons. The highest BCUT2D eigenvalue weighted by Gasteiger charge is 2.15. The van der Waals surface area contributed by atoms with Gasteiger partial charge in [-0.2, -0.15) is 0 Å². The summed E-state index contributed by atoms with van der Waals surface area (Å²) < 4.78 is 5.73. The average Bonchev–Trinajstić information content (AvgIpc) is 3.11. The molecular formula is C21H14ClN3O4. The molecule has 0 aliphatic heterocycles. The van der Waals surface area contributed by atoms with Gasteiger partial charge in [0.25, 0.3) is 11.6 Å². The maximum atomic E-state index is 12.4. The van der Waals surface area contributed by atoms with Crippen molar-refractivity contribution < 1.29 is 14.1 Å². The molecule has 0 aliphatic rings. The highest BCUT2D eigenvalue weighted by atomic mass is 35.5. The van der Waals surface area contributed by atoms with Crippen LogP contribution in [0.25, 0.3) is 22.6 Å². The van der Waals surface area contributed by atoms with E-state index < -0.39 is 10.8 Å². The lowest BCUT2D eigenvalue weighted by atomic mass is 10.1. The Hall–Kier alpha value is -3.71. The molecule has 0 saturated heterocycles. The smallest absolute Gasteiger partial charge is 0.273 e. The monoisotopic (exact) mass is 407 g/mol. The minimum Gasteiger partial charge on any atom is -0.436 e. The van der Waals surface area contributed by atoms with Crippen molar-refractivity contribution in [1.29, 1.82) is 0 Å². The van der Waals surface area contributed by atoms with Crippen molar-refractivity contribution in [3.63, 3.8) is 0 Å². The Bertz CT molecular complexity index is 1250. The molecule has 0 atom stereocenters. The van der Waals surface area contributed by atoms with Gasteiger partial charge in [0.2, 0.25) is 5.89 Å². The number of fused-ring (bicyclic) bond motifs is 1. The molecule has 4 rings (SSSR count). The van der Waals surface area contributed by atoms with Crippen molar-refractivity contribution >= 4 is 40.0 Å². The maximum Gasteiger partial charge on any atom is 0.273 e. The van der Waals surface area contributed by atoms with Crippen molar-refractivity contribution in [2.24, 2.45) is 0 Å². The van der Waals surface area contributed by atoms with E-state index in [-0.39, 0.29) is 11.3 Å². The van der Waals surface area contributed by atoms with E-state index in [1.807, 2.05) is 0 Å². The van der Waals surface area contributed by atoms with Crippen LogP contribution in [0.4, 0.5) is 11.4 Å². The molecule has 0 spiro atoms. The second-order valence-corrected chi connectivity index (χ2v) is 6.86. The quantitative estimate of drug-likeness (QED) is 0.350. The van der Waals surface area contributed by atoms with Crippen LogP contribution in [0.1, 0.15) is 15.9 Å². The maximum absolute atomic E-state index is 12.4. The number of anilines is 1. The van der Waals surface area contributed by atoms with E-state index in [0.717, 1.165) is 5.56 Å². The topological polar surface area (TPSA) is 98.3 Å². The third kappa shape index (κ3) is 3.81. The van der Waals surface area contributed by atoms with Crippen LogP contribution in [0, 0.1) is 17.0 Å². The van der Waals surface area contributed by atoms with Gasteiger partial charge in [-0.25, -0.2) is 4.98 Å². The standard InChI is InChI=1S/C21H14ClN3O4/c1-12-2-3-14(10-18(12)25(27)28)20(26)23-16-7-4-13(5-8-16)21-24-17-11-15(22)6-9-19(17)29-21/h2-11H,1H3,(H,23,26). The number of halogens is 1. The first-order chi connectivity index (χ1) is 13.9. The number of hydrogen-bond acceptors (Lipinski definition) is 5. The first kappa shape index (κ1) is 18.6. The van der Waals surface area contributed by atoms with Gasteiger partial charge in [-0.15, -0.1) is 0 Å². The highest BCUT2D eigenvalue weighted by molar-refractivity contribution is 6.31.